The van der Waals surface area contributed by atoms with E-state index >= 15 is 0 Å². The standard InChI is InChI=1S/C11H11Cl3N2O2/c12-7-4-15-10(9(14)8(7)13)11(18)16-3-1-2-6(16)5-17/h4,6,17H,1-3,5H2/t6-/m0/s1. The van der Waals surface area contributed by atoms with E-state index in [1.165, 1.54) is 6.20 Å². The van der Waals surface area contributed by atoms with Crippen LogP contribution in [-0.4, -0.2) is 40.1 Å². The first-order valence-electron chi connectivity index (χ1n) is 5.47. The average molecular weight is 310 g/mol. The molecule has 1 N–H and O–H groups in total. The Hall–Kier alpha value is -0.550. The molecule has 1 fully saturated rings. The second-order valence-corrected chi connectivity index (χ2v) is 5.22. The highest BCUT2D eigenvalue weighted by Crippen LogP contribution is 2.32. The number of likely N-dealkylation sites (tertiary alicyclic amines) is 1. The van der Waals surface area contributed by atoms with Gasteiger partial charge >= 0.3 is 0 Å². The molecular weight excluding hydrogens is 298 g/mol. The van der Waals surface area contributed by atoms with Gasteiger partial charge < -0.3 is 10.0 Å². The summed E-state index contributed by atoms with van der Waals surface area (Å²) >= 11 is 17.6. The third-order valence-corrected chi connectivity index (χ3v) is 4.21. The lowest BCUT2D eigenvalue weighted by molar-refractivity contribution is 0.0672. The fourth-order valence-electron chi connectivity index (χ4n) is 2.02. The van der Waals surface area contributed by atoms with E-state index in [9.17, 15) is 9.90 Å². The first-order chi connectivity index (χ1) is 8.56. The molecule has 18 heavy (non-hydrogen) atoms. The van der Waals surface area contributed by atoms with Gasteiger partial charge in [-0.2, -0.15) is 0 Å². The average Bonchev–Trinajstić information content (AvgIpc) is 2.83. The van der Waals surface area contributed by atoms with Crippen LogP contribution in [0, 0.1) is 0 Å². The van der Waals surface area contributed by atoms with Crippen molar-refractivity contribution < 1.29 is 9.90 Å². The molecule has 2 rings (SSSR count). The molecule has 4 nitrogen and oxygen atoms in total. The number of hydrogen-bond acceptors (Lipinski definition) is 3. The van der Waals surface area contributed by atoms with Crippen molar-refractivity contribution in [3.05, 3.63) is 27.0 Å². The van der Waals surface area contributed by atoms with Gasteiger partial charge in [-0.1, -0.05) is 34.8 Å². The van der Waals surface area contributed by atoms with Crippen molar-refractivity contribution >= 4 is 40.7 Å². The highest BCUT2D eigenvalue weighted by molar-refractivity contribution is 6.48. The summed E-state index contributed by atoms with van der Waals surface area (Å²) in [5, 5.41) is 9.59. The topological polar surface area (TPSA) is 53.4 Å². The fourth-order valence-corrected chi connectivity index (χ4v) is 2.58. The van der Waals surface area contributed by atoms with E-state index in [0.29, 0.717) is 6.54 Å². The number of rotatable bonds is 2. The smallest absolute Gasteiger partial charge is 0.274 e. The predicted octanol–water partition coefficient (Wildman–Crippen LogP) is 2.64. The summed E-state index contributed by atoms with van der Waals surface area (Å²) in [6.45, 7) is 0.521. The highest BCUT2D eigenvalue weighted by Gasteiger charge is 2.31. The Morgan fingerprint density at radius 1 is 1.44 bits per heavy atom. The third kappa shape index (κ3) is 2.43. The summed E-state index contributed by atoms with van der Waals surface area (Å²) in [7, 11) is 0. The van der Waals surface area contributed by atoms with Gasteiger partial charge in [0.1, 0.15) is 5.69 Å². The molecule has 0 unspecified atom stereocenters. The Balaban J connectivity index is 2.32. The number of pyridine rings is 1. The van der Waals surface area contributed by atoms with Crippen LogP contribution in [0.15, 0.2) is 6.20 Å². The number of aliphatic hydroxyl groups excluding tert-OH is 1. The van der Waals surface area contributed by atoms with Crippen LogP contribution in [0.2, 0.25) is 15.1 Å². The minimum Gasteiger partial charge on any atom is -0.394 e. The molecule has 1 saturated heterocycles. The Morgan fingerprint density at radius 3 is 2.83 bits per heavy atom. The highest BCUT2D eigenvalue weighted by atomic mass is 35.5. The van der Waals surface area contributed by atoms with E-state index < -0.39 is 0 Å². The maximum Gasteiger partial charge on any atom is 0.274 e. The number of carbonyl (C=O) groups excluding carboxylic acids is 1. The van der Waals surface area contributed by atoms with Crippen molar-refractivity contribution in [2.45, 2.75) is 18.9 Å². The molecule has 0 aromatic carbocycles. The molecule has 0 saturated carbocycles. The number of hydrogen-bond donors (Lipinski definition) is 1. The van der Waals surface area contributed by atoms with E-state index in [1.54, 1.807) is 4.90 Å². The predicted molar refractivity (Wildman–Crippen MR) is 70.4 cm³/mol. The van der Waals surface area contributed by atoms with Crippen LogP contribution in [0.5, 0.6) is 0 Å². The van der Waals surface area contributed by atoms with Crippen LogP contribution in [-0.2, 0) is 0 Å². The van der Waals surface area contributed by atoms with Gasteiger partial charge in [0.15, 0.2) is 0 Å². The van der Waals surface area contributed by atoms with Gasteiger partial charge in [-0.15, -0.1) is 0 Å². The maximum atomic E-state index is 12.3. The number of carbonyl (C=O) groups is 1. The molecule has 1 aromatic rings. The number of amides is 1. The van der Waals surface area contributed by atoms with Crippen molar-refractivity contribution in [2.24, 2.45) is 0 Å². The zero-order valence-electron chi connectivity index (χ0n) is 9.37. The molecule has 1 aliphatic rings. The first-order valence-corrected chi connectivity index (χ1v) is 6.61. The van der Waals surface area contributed by atoms with Crippen LogP contribution in [0.4, 0.5) is 0 Å². The van der Waals surface area contributed by atoms with Gasteiger partial charge in [-0.05, 0) is 12.8 Å². The summed E-state index contributed by atoms with van der Waals surface area (Å²) in [6, 6.07) is -0.176. The second-order valence-electron chi connectivity index (χ2n) is 4.06. The fraction of sp³-hybridized carbons (Fsp3) is 0.455. The largest absolute Gasteiger partial charge is 0.394 e. The second kappa shape index (κ2) is 5.61. The molecule has 1 amide bonds. The lowest BCUT2D eigenvalue weighted by Gasteiger charge is -2.23. The van der Waals surface area contributed by atoms with E-state index in [0.717, 1.165) is 12.8 Å². The molecule has 0 aliphatic carbocycles. The maximum absolute atomic E-state index is 12.3. The van der Waals surface area contributed by atoms with Crippen molar-refractivity contribution in [3.8, 4) is 0 Å². The molecule has 2 heterocycles. The summed E-state index contributed by atoms with van der Waals surface area (Å²) in [4.78, 5) is 17.8. The molecule has 0 spiro atoms. The number of aliphatic hydroxyl groups is 1. The minimum atomic E-state index is -0.324. The van der Waals surface area contributed by atoms with Gasteiger partial charge in [0.05, 0.1) is 27.7 Å². The van der Waals surface area contributed by atoms with Gasteiger partial charge in [0.2, 0.25) is 0 Å². The van der Waals surface area contributed by atoms with Gasteiger partial charge in [0.25, 0.3) is 5.91 Å². The van der Waals surface area contributed by atoms with Crippen molar-refractivity contribution in [1.29, 1.82) is 0 Å². The number of nitrogens with zero attached hydrogens (tertiary/aromatic N) is 2. The summed E-state index contributed by atoms with van der Waals surface area (Å²) < 4.78 is 0. The Morgan fingerprint density at radius 2 is 2.17 bits per heavy atom. The molecule has 0 bridgehead atoms. The Labute approximate surface area is 119 Å². The SMILES string of the molecule is O=C(c1ncc(Cl)c(Cl)c1Cl)N1CCC[C@H]1CO. The van der Waals surface area contributed by atoms with Crippen LogP contribution >= 0.6 is 34.8 Å². The number of halogens is 3. The molecular formula is C11H11Cl3N2O2. The zero-order valence-corrected chi connectivity index (χ0v) is 11.6. The molecule has 1 aliphatic heterocycles. The van der Waals surface area contributed by atoms with Gasteiger partial charge in [-0.25, -0.2) is 4.98 Å². The molecule has 1 atom stereocenters. The normalized spacial score (nSPS) is 19.3. The van der Waals surface area contributed by atoms with E-state index in [2.05, 4.69) is 4.98 Å². The Bertz CT molecular complexity index is 482. The monoisotopic (exact) mass is 308 g/mol. The van der Waals surface area contributed by atoms with Crippen LogP contribution in [0.1, 0.15) is 23.3 Å². The van der Waals surface area contributed by atoms with Gasteiger partial charge in [0, 0.05) is 12.7 Å². The molecule has 7 heteroatoms. The number of aromatic nitrogens is 1. The van der Waals surface area contributed by atoms with Crippen molar-refractivity contribution in [1.82, 2.24) is 9.88 Å². The minimum absolute atomic E-state index is 0.0535. The van der Waals surface area contributed by atoms with E-state index in [-0.39, 0.29) is 39.3 Å². The van der Waals surface area contributed by atoms with Gasteiger partial charge in [-0.3, -0.25) is 4.79 Å². The molecule has 1 aromatic heterocycles. The summed E-state index contributed by atoms with van der Waals surface area (Å²) in [5.41, 5.74) is 0.0754. The summed E-state index contributed by atoms with van der Waals surface area (Å²) in [5.74, 6) is -0.324. The lowest BCUT2D eigenvalue weighted by atomic mass is 10.2. The Kier molecular flexibility index (Phi) is 4.33. The zero-order chi connectivity index (χ0) is 13.3. The van der Waals surface area contributed by atoms with E-state index in [4.69, 9.17) is 34.8 Å². The van der Waals surface area contributed by atoms with Crippen molar-refractivity contribution in [2.75, 3.05) is 13.2 Å². The quantitative estimate of drug-likeness (QED) is 0.913. The van der Waals surface area contributed by atoms with Crippen LogP contribution < -0.4 is 0 Å². The molecule has 0 radical (unpaired) electrons. The third-order valence-electron chi connectivity index (χ3n) is 2.97. The van der Waals surface area contributed by atoms with Crippen molar-refractivity contribution in [3.63, 3.8) is 0 Å². The first kappa shape index (κ1) is 13.9. The summed E-state index contributed by atoms with van der Waals surface area (Å²) in [6.07, 6.45) is 2.93. The van der Waals surface area contributed by atoms with Crippen LogP contribution in [0.25, 0.3) is 0 Å². The van der Waals surface area contributed by atoms with E-state index in [1.807, 2.05) is 0 Å². The van der Waals surface area contributed by atoms with Crippen LogP contribution in [0.3, 0.4) is 0 Å². The lowest BCUT2D eigenvalue weighted by Crippen LogP contribution is -2.38. The molecule has 98 valence electrons.